The number of carboxylic acids is 1. The van der Waals surface area contributed by atoms with Gasteiger partial charge in [-0.25, -0.2) is 4.79 Å². The Balaban J connectivity index is 3.23. The van der Waals surface area contributed by atoms with Gasteiger partial charge in [-0.05, 0) is 73.8 Å². The molecule has 0 saturated heterocycles. The molecule has 0 saturated carbocycles. The number of amides is 1. The molecule has 0 heterocycles. The highest BCUT2D eigenvalue weighted by Gasteiger charge is 2.20. The Morgan fingerprint density at radius 1 is 1.33 bits per heavy atom. The predicted octanol–water partition coefficient (Wildman–Crippen LogP) is 2.78. The minimum atomic E-state index is -1.01. The lowest BCUT2D eigenvalue weighted by Gasteiger charge is -2.13. The van der Waals surface area contributed by atoms with E-state index in [1.165, 1.54) is 7.11 Å². The van der Waals surface area contributed by atoms with E-state index in [4.69, 9.17) is 9.84 Å². The van der Waals surface area contributed by atoms with Crippen LogP contribution < -0.4 is 5.32 Å². The van der Waals surface area contributed by atoms with E-state index in [1.54, 1.807) is 6.07 Å². The molecule has 0 radical (unpaired) electrons. The Hall–Kier alpha value is 0.310. The molecule has 0 bridgehead atoms. The van der Waals surface area contributed by atoms with E-state index in [1.807, 2.05) is 45.2 Å². The molecule has 18 heavy (non-hydrogen) atoms. The van der Waals surface area contributed by atoms with Crippen LogP contribution in [0.3, 0.4) is 0 Å². The Kier molecular flexibility index (Phi) is 6.54. The van der Waals surface area contributed by atoms with Crippen LogP contribution in [-0.4, -0.2) is 30.7 Å². The molecule has 98 valence electrons. The highest BCUT2D eigenvalue weighted by atomic mass is 127. The summed E-state index contributed by atoms with van der Waals surface area (Å²) in [6.45, 7) is -0.0689. The van der Waals surface area contributed by atoms with E-state index in [0.717, 1.165) is 3.57 Å². The first-order chi connectivity index (χ1) is 8.38. The molecule has 1 aromatic carbocycles. The van der Waals surface area contributed by atoms with Crippen LogP contribution in [0.5, 0.6) is 0 Å². The molecule has 0 unspecified atom stereocenters. The van der Waals surface area contributed by atoms with Crippen molar-refractivity contribution < 1.29 is 19.4 Å². The molecule has 1 amide bonds. The summed E-state index contributed by atoms with van der Waals surface area (Å²) in [5, 5.41) is 11.8. The largest absolute Gasteiger partial charge is 0.478 e. The first-order valence-corrected chi connectivity index (χ1v) is 7.81. The second kappa shape index (κ2) is 7.19. The van der Waals surface area contributed by atoms with Gasteiger partial charge in [0.2, 0.25) is 5.91 Å². The number of nitrogens with one attached hydrogen (secondary N) is 1. The summed E-state index contributed by atoms with van der Waals surface area (Å²) in [6.07, 6.45) is 0. The lowest BCUT2D eigenvalue weighted by atomic mass is 10.2. The number of rotatable bonds is 4. The van der Waals surface area contributed by atoms with Gasteiger partial charge < -0.3 is 15.2 Å². The lowest BCUT2D eigenvalue weighted by molar-refractivity contribution is -0.119. The third-order valence-electron chi connectivity index (χ3n) is 1.92. The van der Waals surface area contributed by atoms with Gasteiger partial charge in [-0.15, -0.1) is 0 Å². The van der Waals surface area contributed by atoms with E-state index in [2.05, 4.69) is 27.9 Å². The van der Waals surface area contributed by atoms with Gasteiger partial charge >= 0.3 is 5.97 Å². The number of carboxylic acid groups (broad SMARTS) is 1. The first-order valence-electron chi connectivity index (χ1n) is 4.58. The maximum atomic E-state index is 11.5. The number of benzene rings is 1. The van der Waals surface area contributed by atoms with Gasteiger partial charge in [0, 0.05) is 14.3 Å². The highest BCUT2D eigenvalue weighted by Crippen LogP contribution is 2.31. The van der Waals surface area contributed by atoms with Crippen molar-refractivity contribution in [3.8, 4) is 0 Å². The maximum Gasteiger partial charge on any atom is 0.337 e. The van der Waals surface area contributed by atoms with Gasteiger partial charge in [0.15, 0.2) is 0 Å². The fourth-order valence-electron chi connectivity index (χ4n) is 1.21. The fourth-order valence-corrected chi connectivity index (χ4v) is 5.31. The minimum absolute atomic E-state index is 0.0689. The van der Waals surface area contributed by atoms with Crippen LogP contribution in [0.1, 0.15) is 10.4 Å². The van der Waals surface area contributed by atoms with Crippen molar-refractivity contribution in [3.05, 3.63) is 22.3 Å². The molecule has 5 nitrogen and oxygen atoms in total. The molecule has 0 atom stereocenters. The zero-order valence-corrected chi connectivity index (χ0v) is 15.6. The van der Waals surface area contributed by atoms with Crippen molar-refractivity contribution in [2.75, 3.05) is 19.0 Å². The molecule has 0 aliphatic heterocycles. The lowest BCUT2D eigenvalue weighted by Crippen LogP contribution is -2.20. The second-order valence-electron chi connectivity index (χ2n) is 3.19. The standard InChI is InChI=1S/C10H8I3NO4/c1-18-3-6(15)14-9-5(12)2-4(11)7(8(9)13)10(16)17/h2H,3H2,1H3,(H,14,15)(H,16,17). The first kappa shape index (κ1) is 16.4. The normalized spacial score (nSPS) is 10.2. The summed E-state index contributed by atoms with van der Waals surface area (Å²) >= 11 is 5.94. The SMILES string of the molecule is COCC(=O)Nc1c(I)cc(I)c(C(=O)O)c1I. The van der Waals surface area contributed by atoms with Crippen molar-refractivity contribution in [1.82, 2.24) is 0 Å². The molecule has 1 rings (SSSR count). The summed E-state index contributed by atoms with van der Waals surface area (Å²) in [5.74, 6) is -1.33. The van der Waals surface area contributed by atoms with Crippen LogP contribution in [0.4, 0.5) is 5.69 Å². The monoisotopic (exact) mass is 587 g/mol. The molecular weight excluding hydrogens is 579 g/mol. The van der Waals surface area contributed by atoms with Crippen molar-refractivity contribution in [2.24, 2.45) is 0 Å². The van der Waals surface area contributed by atoms with Crippen molar-refractivity contribution in [2.45, 2.75) is 0 Å². The Morgan fingerprint density at radius 2 is 1.94 bits per heavy atom. The van der Waals surface area contributed by atoms with E-state index >= 15 is 0 Å². The Bertz CT molecular complexity index is 504. The predicted molar refractivity (Wildman–Crippen MR) is 92.1 cm³/mol. The molecule has 0 spiro atoms. The quantitative estimate of drug-likeness (QED) is 0.533. The van der Waals surface area contributed by atoms with Crippen LogP contribution in [0.15, 0.2) is 6.07 Å². The van der Waals surface area contributed by atoms with Gasteiger partial charge in [-0.2, -0.15) is 0 Å². The molecule has 8 heteroatoms. The van der Waals surface area contributed by atoms with E-state index in [9.17, 15) is 9.59 Å². The number of hydrogen-bond acceptors (Lipinski definition) is 3. The fraction of sp³-hybridized carbons (Fsp3) is 0.200. The molecule has 0 fully saturated rings. The zero-order valence-electron chi connectivity index (χ0n) is 9.09. The highest BCUT2D eigenvalue weighted by molar-refractivity contribution is 14.1. The molecule has 0 aliphatic rings. The number of hydrogen-bond donors (Lipinski definition) is 2. The van der Waals surface area contributed by atoms with Crippen LogP contribution in [-0.2, 0) is 9.53 Å². The second-order valence-corrected chi connectivity index (χ2v) is 6.59. The third-order valence-corrected chi connectivity index (χ3v) is 4.70. The van der Waals surface area contributed by atoms with E-state index < -0.39 is 5.97 Å². The average Bonchev–Trinajstić information content (AvgIpc) is 2.23. The number of methoxy groups -OCH3 is 1. The minimum Gasteiger partial charge on any atom is -0.478 e. The maximum absolute atomic E-state index is 11.5. The van der Waals surface area contributed by atoms with Gasteiger partial charge in [0.25, 0.3) is 0 Å². The third kappa shape index (κ3) is 3.90. The van der Waals surface area contributed by atoms with Crippen molar-refractivity contribution in [1.29, 1.82) is 0 Å². The van der Waals surface area contributed by atoms with Crippen LogP contribution in [0, 0.1) is 10.7 Å². The number of anilines is 1. The molecule has 0 aliphatic carbocycles. The molecule has 0 aromatic heterocycles. The molecule has 1 aromatic rings. The van der Waals surface area contributed by atoms with Crippen molar-refractivity contribution in [3.63, 3.8) is 0 Å². The summed E-state index contributed by atoms with van der Waals surface area (Å²) in [6, 6.07) is 1.72. The van der Waals surface area contributed by atoms with E-state index in [-0.39, 0.29) is 18.1 Å². The average molecular weight is 587 g/mol. The number of carbonyl (C=O) groups excluding carboxylic acids is 1. The number of halogens is 3. The van der Waals surface area contributed by atoms with Crippen LogP contribution >= 0.6 is 67.8 Å². The van der Waals surface area contributed by atoms with Gasteiger partial charge in [0.1, 0.15) is 6.61 Å². The van der Waals surface area contributed by atoms with Gasteiger partial charge in [-0.3, -0.25) is 4.79 Å². The zero-order chi connectivity index (χ0) is 13.9. The Labute approximate surface area is 144 Å². The van der Waals surface area contributed by atoms with Gasteiger partial charge in [-0.1, -0.05) is 0 Å². The number of ether oxygens (including phenoxy) is 1. The summed E-state index contributed by atoms with van der Waals surface area (Å²) < 4.78 is 6.66. The molecule has 2 N–H and O–H groups in total. The smallest absolute Gasteiger partial charge is 0.337 e. The number of carbonyl (C=O) groups is 2. The molecular formula is C10H8I3NO4. The summed E-state index contributed by atoms with van der Waals surface area (Å²) in [5.41, 5.74) is 0.709. The Morgan fingerprint density at radius 3 is 2.44 bits per heavy atom. The summed E-state index contributed by atoms with van der Waals surface area (Å²) in [4.78, 5) is 22.7. The van der Waals surface area contributed by atoms with Crippen molar-refractivity contribution >= 4 is 85.3 Å². The summed E-state index contributed by atoms with van der Waals surface area (Å²) in [7, 11) is 1.42. The number of aromatic carboxylic acids is 1. The van der Waals surface area contributed by atoms with Crippen LogP contribution in [0.2, 0.25) is 0 Å². The van der Waals surface area contributed by atoms with E-state index in [0.29, 0.717) is 12.8 Å². The topological polar surface area (TPSA) is 75.6 Å². The van der Waals surface area contributed by atoms with Gasteiger partial charge in [0.05, 0.1) is 14.8 Å². The van der Waals surface area contributed by atoms with Crippen LogP contribution in [0.25, 0.3) is 0 Å².